The summed E-state index contributed by atoms with van der Waals surface area (Å²) < 4.78 is 5.60. The van der Waals surface area contributed by atoms with Crippen LogP contribution in [-0.2, 0) is 30.8 Å². The molecular formula is C25H29N5O2. The zero-order valence-electron chi connectivity index (χ0n) is 18.4. The number of carbonyl (C=O) groups excluding carboxylic acids is 1. The fraction of sp³-hybridized carbons (Fsp3) is 0.320. The highest BCUT2D eigenvalue weighted by Gasteiger charge is 2.13. The standard InChI is InChI=1S/C25H29N5O2/c1-2-16-29-21-10-6-7-11-22(21)30(25(29)32)17-13-24(31)27-14-12-23-26-15-18-28(23)19-20-8-4-3-5-9-20/h3-11,15,18H,2,12-14,16-17,19H2,1H3,(H,27,31). The molecule has 0 fully saturated rings. The molecule has 0 unspecified atom stereocenters. The first kappa shape index (κ1) is 21.6. The van der Waals surface area contributed by atoms with Crippen LogP contribution in [0.5, 0.6) is 0 Å². The summed E-state index contributed by atoms with van der Waals surface area (Å²) in [5.41, 5.74) is 2.96. The van der Waals surface area contributed by atoms with E-state index in [1.807, 2.05) is 48.7 Å². The Bertz CT molecular complexity index is 1240. The lowest BCUT2D eigenvalue weighted by Crippen LogP contribution is -2.30. The second kappa shape index (κ2) is 10.1. The number of imidazole rings is 2. The molecule has 4 rings (SSSR count). The number of amides is 1. The van der Waals surface area contributed by atoms with Gasteiger partial charge in [0.05, 0.1) is 11.0 Å². The number of aryl methyl sites for hydroxylation is 2. The maximum atomic E-state index is 12.8. The van der Waals surface area contributed by atoms with Crippen LogP contribution in [0.3, 0.4) is 0 Å². The summed E-state index contributed by atoms with van der Waals surface area (Å²) in [6, 6.07) is 18.0. The number of hydrogen-bond donors (Lipinski definition) is 1. The molecule has 2 aromatic carbocycles. The van der Waals surface area contributed by atoms with Gasteiger partial charge in [0.2, 0.25) is 5.91 Å². The van der Waals surface area contributed by atoms with Crippen molar-refractivity contribution in [2.75, 3.05) is 6.54 Å². The summed E-state index contributed by atoms with van der Waals surface area (Å²) in [4.78, 5) is 29.7. The third-order valence-corrected chi connectivity index (χ3v) is 5.60. The summed E-state index contributed by atoms with van der Waals surface area (Å²) in [6.07, 6.45) is 5.55. The van der Waals surface area contributed by atoms with Gasteiger partial charge in [0.15, 0.2) is 0 Å². The molecule has 0 saturated carbocycles. The predicted molar refractivity (Wildman–Crippen MR) is 126 cm³/mol. The average Bonchev–Trinajstić information content (AvgIpc) is 3.35. The van der Waals surface area contributed by atoms with Gasteiger partial charge in [0.1, 0.15) is 5.82 Å². The molecule has 2 aromatic heterocycles. The van der Waals surface area contributed by atoms with Gasteiger partial charge < -0.3 is 9.88 Å². The first-order valence-electron chi connectivity index (χ1n) is 11.2. The largest absolute Gasteiger partial charge is 0.356 e. The molecule has 0 aliphatic heterocycles. The van der Waals surface area contributed by atoms with Crippen LogP contribution >= 0.6 is 0 Å². The van der Waals surface area contributed by atoms with Crippen molar-refractivity contribution in [3.63, 3.8) is 0 Å². The van der Waals surface area contributed by atoms with Gasteiger partial charge in [0, 0.05) is 51.4 Å². The predicted octanol–water partition coefficient (Wildman–Crippen LogP) is 3.21. The summed E-state index contributed by atoms with van der Waals surface area (Å²) in [7, 11) is 0. The molecular weight excluding hydrogens is 402 g/mol. The van der Waals surface area contributed by atoms with Crippen LogP contribution in [0, 0.1) is 0 Å². The molecule has 32 heavy (non-hydrogen) atoms. The minimum absolute atomic E-state index is 0.0520. The molecule has 0 radical (unpaired) electrons. The lowest BCUT2D eigenvalue weighted by Gasteiger charge is -2.09. The molecule has 0 spiro atoms. The van der Waals surface area contributed by atoms with E-state index >= 15 is 0 Å². The van der Waals surface area contributed by atoms with Gasteiger partial charge in [-0.05, 0) is 24.1 Å². The summed E-state index contributed by atoms with van der Waals surface area (Å²) in [6.45, 7) is 4.36. The summed E-state index contributed by atoms with van der Waals surface area (Å²) in [5.74, 6) is 0.874. The number of carbonyl (C=O) groups is 1. The van der Waals surface area contributed by atoms with Crippen molar-refractivity contribution < 1.29 is 4.79 Å². The number of aromatic nitrogens is 4. The average molecular weight is 432 g/mol. The maximum Gasteiger partial charge on any atom is 0.329 e. The van der Waals surface area contributed by atoms with Crippen molar-refractivity contribution in [3.8, 4) is 0 Å². The van der Waals surface area contributed by atoms with E-state index in [0.29, 0.717) is 26.1 Å². The monoisotopic (exact) mass is 431 g/mol. The van der Waals surface area contributed by atoms with E-state index in [1.165, 1.54) is 5.56 Å². The van der Waals surface area contributed by atoms with Crippen LogP contribution in [0.2, 0.25) is 0 Å². The van der Waals surface area contributed by atoms with E-state index in [0.717, 1.165) is 29.8 Å². The number of benzene rings is 2. The molecule has 0 aliphatic rings. The topological polar surface area (TPSA) is 73.8 Å². The van der Waals surface area contributed by atoms with E-state index in [9.17, 15) is 9.59 Å². The van der Waals surface area contributed by atoms with Crippen molar-refractivity contribution in [2.45, 2.75) is 45.8 Å². The van der Waals surface area contributed by atoms with E-state index in [-0.39, 0.29) is 18.0 Å². The Kier molecular flexibility index (Phi) is 6.84. The van der Waals surface area contributed by atoms with Crippen molar-refractivity contribution in [1.82, 2.24) is 24.0 Å². The van der Waals surface area contributed by atoms with Crippen molar-refractivity contribution in [2.24, 2.45) is 0 Å². The molecule has 1 amide bonds. The lowest BCUT2D eigenvalue weighted by atomic mass is 10.2. The normalized spacial score (nSPS) is 11.2. The van der Waals surface area contributed by atoms with Crippen LogP contribution in [0.15, 0.2) is 71.8 Å². The van der Waals surface area contributed by atoms with Gasteiger partial charge >= 0.3 is 5.69 Å². The Hall–Kier alpha value is -3.61. The number of para-hydroxylation sites is 2. The first-order chi connectivity index (χ1) is 15.7. The second-order valence-corrected chi connectivity index (χ2v) is 7.88. The minimum atomic E-state index is -0.0645. The number of nitrogens with zero attached hydrogens (tertiary/aromatic N) is 4. The number of fused-ring (bicyclic) bond motifs is 1. The molecule has 166 valence electrons. The van der Waals surface area contributed by atoms with E-state index < -0.39 is 0 Å². The lowest BCUT2D eigenvalue weighted by molar-refractivity contribution is -0.121. The smallest absolute Gasteiger partial charge is 0.329 e. The second-order valence-electron chi connectivity index (χ2n) is 7.88. The Morgan fingerprint density at radius 1 is 0.969 bits per heavy atom. The number of rotatable bonds is 10. The molecule has 4 aromatic rings. The molecule has 0 bridgehead atoms. The quantitative estimate of drug-likeness (QED) is 0.419. The highest BCUT2D eigenvalue weighted by molar-refractivity contribution is 5.78. The number of nitrogens with one attached hydrogen (secondary N) is 1. The third-order valence-electron chi connectivity index (χ3n) is 5.60. The third kappa shape index (κ3) is 4.82. The molecule has 0 atom stereocenters. The van der Waals surface area contributed by atoms with Crippen LogP contribution in [0.25, 0.3) is 11.0 Å². The van der Waals surface area contributed by atoms with Crippen LogP contribution < -0.4 is 11.0 Å². The van der Waals surface area contributed by atoms with Gasteiger partial charge in [-0.3, -0.25) is 13.9 Å². The Labute approximate surface area is 187 Å². The maximum absolute atomic E-state index is 12.8. The van der Waals surface area contributed by atoms with Crippen molar-refractivity contribution in [3.05, 3.63) is 88.9 Å². The molecule has 7 heteroatoms. The van der Waals surface area contributed by atoms with Crippen LogP contribution in [0.1, 0.15) is 31.2 Å². The first-order valence-corrected chi connectivity index (χ1v) is 11.2. The zero-order chi connectivity index (χ0) is 22.3. The Balaban J connectivity index is 1.32. The fourth-order valence-corrected chi connectivity index (χ4v) is 4.04. The Morgan fingerprint density at radius 3 is 2.38 bits per heavy atom. The Morgan fingerprint density at radius 2 is 1.66 bits per heavy atom. The number of hydrogen-bond acceptors (Lipinski definition) is 3. The molecule has 0 aliphatic carbocycles. The SMILES string of the molecule is CCCn1c(=O)n(CCC(=O)NCCc2nccn2Cc2ccccc2)c2ccccc21. The van der Waals surface area contributed by atoms with E-state index in [2.05, 4.69) is 33.9 Å². The van der Waals surface area contributed by atoms with Crippen LogP contribution in [-0.4, -0.2) is 31.1 Å². The zero-order valence-corrected chi connectivity index (χ0v) is 18.4. The van der Waals surface area contributed by atoms with Gasteiger partial charge in [-0.2, -0.15) is 0 Å². The summed E-state index contributed by atoms with van der Waals surface area (Å²) in [5, 5.41) is 2.97. The highest BCUT2D eigenvalue weighted by Crippen LogP contribution is 2.13. The van der Waals surface area contributed by atoms with Gasteiger partial charge in [0.25, 0.3) is 0 Å². The fourth-order valence-electron chi connectivity index (χ4n) is 4.04. The van der Waals surface area contributed by atoms with Crippen LogP contribution in [0.4, 0.5) is 0 Å². The summed E-state index contributed by atoms with van der Waals surface area (Å²) >= 11 is 0. The molecule has 2 heterocycles. The van der Waals surface area contributed by atoms with Gasteiger partial charge in [-0.25, -0.2) is 9.78 Å². The van der Waals surface area contributed by atoms with Gasteiger partial charge in [-0.15, -0.1) is 0 Å². The van der Waals surface area contributed by atoms with E-state index in [1.54, 1.807) is 15.3 Å². The van der Waals surface area contributed by atoms with Gasteiger partial charge in [-0.1, -0.05) is 49.4 Å². The molecule has 1 N–H and O–H groups in total. The minimum Gasteiger partial charge on any atom is -0.356 e. The molecule has 0 saturated heterocycles. The van der Waals surface area contributed by atoms with Crippen molar-refractivity contribution in [1.29, 1.82) is 0 Å². The molecule has 7 nitrogen and oxygen atoms in total. The van der Waals surface area contributed by atoms with E-state index in [4.69, 9.17) is 0 Å². The highest BCUT2D eigenvalue weighted by atomic mass is 16.2. The van der Waals surface area contributed by atoms with Crippen molar-refractivity contribution >= 4 is 16.9 Å².